The average Bonchev–Trinajstić information content (AvgIpc) is 3.33. The van der Waals surface area contributed by atoms with E-state index in [4.69, 9.17) is 4.74 Å². The molecule has 1 aliphatic carbocycles. The first kappa shape index (κ1) is 17.4. The molecular formula is C16H19N3O5S. The molecule has 1 aromatic carbocycles. The monoisotopic (exact) mass is 365 g/mol. The Morgan fingerprint density at radius 2 is 1.96 bits per heavy atom. The van der Waals surface area contributed by atoms with Crippen molar-refractivity contribution in [1.82, 2.24) is 10.0 Å². The number of esters is 1. The molecule has 9 heteroatoms. The fourth-order valence-electron chi connectivity index (χ4n) is 2.35. The Morgan fingerprint density at radius 1 is 1.28 bits per heavy atom. The zero-order valence-corrected chi connectivity index (χ0v) is 14.7. The van der Waals surface area contributed by atoms with Crippen molar-refractivity contribution in [2.24, 2.45) is 4.99 Å². The lowest BCUT2D eigenvalue weighted by Crippen LogP contribution is -2.38. The second-order valence-electron chi connectivity index (χ2n) is 6.12. The highest BCUT2D eigenvalue weighted by molar-refractivity contribution is 7.90. The molecule has 0 bridgehead atoms. The van der Waals surface area contributed by atoms with Crippen molar-refractivity contribution in [2.75, 3.05) is 0 Å². The molecule has 1 heterocycles. The van der Waals surface area contributed by atoms with E-state index in [0.717, 1.165) is 12.8 Å². The number of ether oxygens (including phenoxy) is 1. The quantitative estimate of drug-likeness (QED) is 0.730. The summed E-state index contributed by atoms with van der Waals surface area (Å²) in [4.78, 5) is 28.2. The molecule has 1 amide bonds. The number of hydrogen-bond acceptors (Lipinski definition) is 6. The molecular weight excluding hydrogens is 346 g/mol. The number of hydrogen-bond donors (Lipinski definition) is 2. The van der Waals surface area contributed by atoms with Crippen LogP contribution in [0.5, 0.6) is 0 Å². The molecule has 2 atom stereocenters. The molecule has 3 rings (SSSR count). The van der Waals surface area contributed by atoms with E-state index in [0.29, 0.717) is 5.56 Å². The third-order valence-corrected chi connectivity index (χ3v) is 5.31. The number of fused-ring (bicyclic) bond motifs is 1. The summed E-state index contributed by atoms with van der Waals surface area (Å²) in [5.41, 5.74) is 0.404. The van der Waals surface area contributed by atoms with Gasteiger partial charge in [-0.3, -0.25) is 14.5 Å². The topological polar surface area (TPSA) is 114 Å². The van der Waals surface area contributed by atoms with Crippen LogP contribution in [0.2, 0.25) is 0 Å². The van der Waals surface area contributed by atoms with Crippen LogP contribution in [0.25, 0.3) is 0 Å². The van der Waals surface area contributed by atoms with Crippen LogP contribution in [0.1, 0.15) is 32.3 Å². The molecule has 25 heavy (non-hydrogen) atoms. The van der Waals surface area contributed by atoms with E-state index in [2.05, 4.69) is 15.0 Å². The van der Waals surface area contributed by atoms with Gasteiger partial charge in [-0.1, -0.05) is 12.1 Å². The van der Waals surface area contributed by atoms with Crippen LogP contribution in [0.15, 0.2) is 34.2 Å². The molecule has 0 unspecified atom stereocenters. The van der Waals surface area contributed by atoms with Gasteiger partial charge in [-0.05, 0) is 38.8 Å². The minimum atomic E-state index is -3.67. The van der Waals surface area contributed by atoms with E-state index in [1.165, 1.54) is 19.9 Å². The van der Waals surface area contributed by atoms with Crippen molar-refractivity contribution in [1.29, 1.82) is 0 Å². The van der Waals surface area contributed by atoms with Gasteiger partial charge in [0.25, 0.3) is 15.9 Å². The van der Waals surface area contributed by atoms with Gasteiger partial charge < -0.3 is 10.1 Å². The Balaban J connectivity index is 1.69. The summed E-state index contributed by atoms with van der Waals surface area (Å²) >= 11 is 0. The molecule has 8 nitrogen and oxygen atoms in total. The normalized spacial score (nSPS) is 21.8. The van der Waals surface area contributed by atoms with Gasteiger partial charge in [0, 0.05) is 11.6 Å². The summed E-state index contributed by atoms with van der Waals surface area (Å²) in [6, 6.07) is 5.59. The number of sulfonamides is 1. The zero-order chi connectivity index (χ0) is 18.2. The van der Waals surface area contributed by atoms with Crippen molar-refractivity contribution in [3.05, 3.63) is 29.8 Å². The predicted octanol–water partition coefficient (Wildman–Crippen LogP) is 0.324. The highest BCUT2D eigenvalue weighted by Gasteiger charge is 2.32. The fourth-order valence-corrected chi connectivity index (χ4v) is 3.59. The summed E-state index contributed by atoms with van der Waals surface area (Å²) in [6.45, 7) is 2.97. The summed E-state index contributed by atoms with van der Waals surface area (Å²) in [5.74, 6) is -0.952. The number of amides is 1. The molecule has 1 aromatic rings. The molecule has 0 aromatic heterocycles. The van der Waals surface area contributed by atoms with E-state index >= 15 is 0 Å². The van der Waals surface area contributed by atoms with Gasteiger partial charge in [0.15, 0.2) is 6.10 Å². The van der Waals surface area contributed by atoms with Crippen molar-refractivity contribution >= 4 is 27.7 Å². The molecule has 2 aliphatic rings. The SMILES string of the molecule is C[C@H](N=C1NS(=O)(=O)c2ccccc21)C(=O)O[C@@H](C)C(=O)NC1CC1. The van der Waals surface area contributed by atoms with Gasteiger partial charge in [-0.25, -0.2) is 13.2 Å². The van der Waals surface area contributed by atoms with Crippen molar-refractivity contribution in [2.45, 2.75) is 49.8 Å². The number of aliphatic imine (C=N–C) groups is 1. The smallest absolute Gasteiger partial charge is 0.331 e. The molecule has 0 spiro atoms. The largest absolute Gasteiger partial charge is 0.451 e. The molecule has 1 aliphatic heterocycles. The number of benzene rings is 1. The lowest BCUT2D eigenvalue weighted by molar-refractivity contribution is -0.155. The van der Waals surface area contributed by atoms with Crippen LogP contribution < -0.4 is 10.0 Å². The van der Waals surface area contributed by atoms with E-state index in [9.17, 15) is 18.0 Å². The van der Waals surface area contributed by atoms with Crippen molar-refractivity contribution < 1.29 is 22.7 Å². The Labute approximate surface area is 145 Å². The van der Waals surface area contributed by atoms with Crippen LogP contribution in [0.3, 0.4) is 0 Å². The summed E-state index contributed by atoms with van der Waals surface area (Å²) in [7, 11) is -3.67. The third kappa shape index (κ3) is 3.81. The Morgan fingerprint density at radius 3 is 2.64 bits per heavy atom. The van der Waals surface area contributed by atoms with E-state index < -0.39 is 28.1 Å². The van der Waals surface area contributed by atoms with E-state index in [1.54, 1.807) is 18.2 Å². The minimum Gasteiger partial charge on any atom is -0.451 e. The highest BCUT2D eigenvalue weighted by Crippen LogP contribution is 2.23. The van der Waals surface area contributed by atoms with Gasteiger partial charge in [-0.15, -0.1) is 0 Å². The standard InChI is InChI=1S/C16H19N3O5S/c1-9(16(21)24-10(2)15(20)18-11-7-8-11)17-14-12-5-3-4-6-13(12)25(22,23)19-14/h3-6,9-11H,7-8H2,1-2H3,(H,17,19)(H,18,20)/t9-,10-/m0/s1. The lowest BCUT2D eigenvalue weighted by atomic mass is 10.2. The number of rotatable bonds is 5. The molecule has 0 radical (unpaired) electrons. The summed E-state index contributed by atoms with van der Waals surface area (Å²) in [6.07, 6.45) is 0.953. The molecule has 0 saturated heterocycles. The van der Waals surface area contributed by atoms with Crippen LogP contribution >= 0.6 is 0 Å². The first-order valence-corrected chi connectivity index (χ1v) is 9.47. The molecule has 134 valence electrons. The lowest BCUT2D eigenvalue weighted by Gasteiger charge is -2.15. The van der Waals surface area contributed by atoms with Crippen LogP contribution in [-0.2, 0) is 24.3 Å². The Hall–Kier alpha value is -2.42. The fraction of sp³-hybridized carbons (Fsp3) is 0.438. The zero-order valence-electron chi connectivity index (χ0n) is 13.9. The van der Waals surface area contributed by atoms with Gasteiger partial charge in [0.1, 0.15) is 11.9 Å². The summed E-state index contributed by atoms with van der Waals surface area (Å²) < 4.78 is 31.5. The first-order chi connectivity index (χ1) is 11.8. The second-order valence-corrected chi connectivity index (χ2v) is 7.77. The Bertz CT molecular complexity index is 845. The highest BCUT2D eigenvalue weighted by atomic mass is 32.2. The minimum absolute atomic E-state index is 0.0927. The number of nitrogens with zero attached hydrogens (tertiary/aromatic N) is 1. The average molecular weight is 365 g/mol. The van der Waals surface area contributed by atoms with Gasteiger partial charge in [0.2, 0.25) is 0 Å². The van der Waals surface area contributed by atoms with Crippen molar-refractivity contribution in [3.8, 4) is 0 Å². The summed E-state index contributed by atoms with van der Waals surface area (Å²) in [5, 5.41) is 2.75. The van der Waals surface area contributed by atoms with Gasteiger partial charge >= 0.3 is 5.97 Å². The second kappa shape index (κ2) is 6.47. The molecule has 1 saturated carbocycles. The number of carbonyl (C=O) groups is 2. The van der Waals surface area contributed by atoms with Crippen LogP contribution in [0.4, 0.5) is 0 Å². The maximum absolute atomic E-state index is 12.1. The molecule has 1 fully saturated rings. The maximum atomic E-state index is 12.1. The first-order valence-electron chi connectivity index (χ1n) is 7.99. The number of amidine groups is 1. The van der Waals surface area contributed by atoms with Crippen LogP contribution in [0, 0.1) is 0 Å². The van der Waals surface area contributed by atoms with E-state index in [1.807, 2.05) is 0 Å². The van der Waals surface area contributed by atoms with Crippen LogP contribution in [-0.4, -0.2) is 44.3 Å². The van der Waals surface area contributed by atoms with Gasteiger partial charge in [0.05, 0.1) is 4.90 Å². The maximum Gasteiger partial charge on any atom is 0.331 e. The number of nitrogens with one attached hydrogen (secondary N) is 2. The Kier molecular flexibility index (Phi) is 4.51. The molecule has 2 N–H and O–H groups in total. The number of carbonyl (C=O) groups excluding carboxylic acids is 2. The third-order valence-electron chi connectivity index (χ3n) is 3.91. The predicted molar refractivity (Wildman–Crippen MR) is 89.5 cm³/mol. The van der Waals surface area contributed by atoms with Gasteiger partial charge in [-0.2, -0.15) is 0 Å². The van der Waals surface area contributed by atoms with Crippen molar-refractivity contribution in [3.63, 3.8) is 0 Å². The van der Waals surface area contributed by atoms with E-state index in [-0.39, 0.29) is 22.7 Å².